The molecular formula is C15H15N2O4S-. The van der Waals surface area contributed by atoms with Crippen molar-refractivity contribution in [1.82, 2.24) is 9.29 Å². The van der Waals surface area contributed by atoms with Gasteiger partial charge < -0.3 is 9.12 Å². The lowest BCUT2D eigenvalue weighted by atomic mass is 9.94. The highest BCUT2D eigenvalue weighted by atomic mass is 32.2. The largest absolute Gasteiger partial charge is 0.755 e. The zero-order valence-corrected chi connectivity index (χ0v) is 12.5. The molecule has 0 saturated heterocycles. The fraction of sp³-hybridized carbons (Fsp3) is 0.333. The summed E-state index contributed by atoms with van der Waals surface area (Å²) >= 11 is -2.62. The molecular weight excluding hydrogens is 304 g/mol. The number of rotatable bonds is 4. The molecule has 0 aromatic carbocycles. The third-order valence-electron chi connectivity index (χ3n) is 4.08. The van der Waals surface area contributed by atoms with Crippen LogP contribution in [0.3, 0.4) is 0 Å². The maximum absolute atomic E-state index is 12.6. The van der Waals surface area contributed by atoms with Crippen molar-refractivity contribution in [3.8, 4) is 0 Å². The summed E-state index contributed by atoms with van der Waals surface area (Å²) in [7, 11) is 0. The van der Waals surface area contributed by atoms with E-state index in [0.29, 0.717) is 30.8 Å². The van der Waals surface area contributed by atoms with Crippen LogP contribution in [0.4, 0.5) is 0 Å². The number of Topliss-reactive ketones (excluding diaryl/α,β-unsaturated/α-hetero) is 1. The number of amides is 1. The predicted molar refractivity (Wildman–Crippen MR) is 79.6 cm³/mol. The number of nitrogens with one attached hydrogen (secondary N) is 1. The summed E-state index contributed by atoms with van der Waals surface area (Å²) in [4.78, 5) is 24.4. The number of carbonyl (C=O) groups excluding carboxylic acids is 2. The van der Waals surface area contributed by atoms with E-state index in [2.05, 4.69) is 0 Å². The van der Waals surface area contributed by atoms with Crippen LogP contribution in [-0.2, 0) is 22.6 Å². The molecule has 0 fully saturated rings. The Morgan fingerprint density at radius 3 is 2.82 bits per heavy atom. The van der Waals surface area contributed by atoms with Crippen LogP contribution in [0, 0.1) is 5.92 Å². The van der Waals surface area contributed by atoms with E-state index in [1.807, 2.05) is 33.6 Å². The van der Waals surface area contributed by atoms with Gasteiger partial charge in [0.15, 0.2) is 5.78 Å². The van der Waals surface area contributed by atoms with Crippen LogP contribution in [0.25, 0.3) is 0 Å². The number of nitrogens with zero attached hydrogens (tertiary/aromatic N) is 1. The van der Waals surface area contributed by atoms with Gasteiger partial charge in [-0.15, -0.1) is 0 Å². The first kappa shape index (κ1) is 14.9. The summed E-state index contributed by atoms with van der Waals surface area (Å²) in [5.41, 5.74) is 1.28. The monoisotopic (exact) mass is 319 g/mol. The van der Waals surface area contributed by atoms with Gasteiger partial charge in [0.25, 0.3) is 0 Å². The molecule has 2 unspecified atom stereocenters. The molecule has 3 atom stereocenters. The van der Waals surface area contributed by atoms with Gasteiger partial charge in [-0.2, -0.15) is 0 Å². The number of fused-ring (bicyclic) bond motifs is 1. The highest BCUT2D eigenvalue weighted by Gasteiger charge is 2.32. The highest BCUT2D eigenvalue weighted by molar-refractivity contribution is 7.77. The molecule has 1 N–H and O–H groups in total. The molecule has 1 aromatic heterocycles. The van der Waals surface area contributed by atoms with Crippen LogP contribution in [0.5, 0.6) is 0 Å². The van der Waals surface area contributed by atoms with E-state index in [4.69, 9.17) is 0 Å². The minimum atomic E-state index is -2.62. The van der Waals surface area contributed by atoms with E-state index in [0.717, 1.165) is 0 Å². The normalized spacial score (nSPS) is 24.0. The second-order valence-electron chi connectivity index (χ2n) is 5.36. The smallest absolute Gasteiger partial charge is 0.239 e. The molecule has 2 aliphatic rings. The SMILES string of the molecule is O=C(NS(=O)[O-])C1CCn2c(C(=O)[C@H]3C=CC=CC3)ccc21. The Balaban J connectivity index is 1.82. The van der Waals surface area contributed by atoms with Crippen LogP contribution in [-0.4, -0.2) is 25.0 Å². The van der Waals surface area contributed by atoms with Gasteiger partial charge in [-0.1, -0.05) is 24.3 Å². The van der Waals surface area contributed by atoms with Crippen LogP contribution in [0.15, 0.2) is 36.4 Å². The molecule has 1 aliphatic heterocycles. The van der Waals surface area contributed by atoms with Crippen molar-refractivity contribution in [1.29, 1.82) is 0 Å². The van der Waals surface area contributed by atoms with Crippen LogP contribution < -0.4 is 4.72 Å². The molecule has 0 radical (unpaired) electrons. The van der Waals surface area contributed by atoms with Gasteiger partial charge in [-0.05, 0) is 25.0 Å². The first-order valence-corrected chi connectivity index (χ1v) is 8.12. The van der Waals surface area contributed by atoms with Crippen LogP contribution >= 0.6 is 0 Å². The predicted octanol–water partition coefficient (Wildman–Crippen LogP) is 1.20. The third kappa shape index (κ3) is 2.69. The Morgan fingerprint density at radius 2 is 2.14 bits per heavy atom. The lowest BCUT2D eigenvalue weighted by molar-refractivity contribution is -0.120. The summed E-state index contributed by atoms with van der Waals surface area (Å²) in [6.07, 6.45) is 8.78. The molecule has 1 amide bonds. The average Bonchev–Trinajstić information content (AvgIpc) is 3.08. The molecule has 0 saturated carbocycles. The Morgan fingerprint density at radius 1 is 1.32 bits per heavy atom. The van der Waals surface area contributed by atoms with Crippen molar-refractivity contribution in [3.05, 3.63) is 47.8 Å². The van der Waals surface area contributed by atoms with Gasteiger partial charge in [0.1, 0.15) is 0 Å². The summed E-state index contributed by atoms with van der Waals surface area (Å²) in [5, 5.41) is 0. The van der Waals surface area contributed by atoms with Crippen molar-refractivity contribution in [2.24, 2.45) is 5.92 Å². The topological polar surface area (TPSA) is 91.2 Å². The van der Waals surface area contributed by atoms with Gasteiger partial charge in [0, 0.05) is 29.4 Å². The molecule has 0 bridgehead atoms. The molecule has 2 heterocycles. The number of carbonyl (C=O) groups is 2. The number of allylic oxidation sites excluding steroid dienone is 4. The number of aromatic nitrogens is 1. The minimum absolute atomic E-state index is 0.0281. The van der Waals surface area contributed by atoms with E-state index >= 15 is 0 Å². The molecule has 1 aliphatic carbocycles. The molecule has 0 spiro atoms. The fourth-order valence-corrected chi connectivity index (χ4v) is 3.35. The zero-order valence-electron chi connectivity index (χ0n) is 11.7. The maximum atomic E-state index is 12.6. The Bertz CT molecular complexity index is 704. The van der Waals surface area contributed by atoms with E-state index < -0.39 is 23.1 Å². The molecule has 22 heavy (non-hydrogen) atoms. The van der Waals surface area contributed by atoms with Crippen molar-refractivity contribution >= 4 is 23.0 Å². The first-order valence-electron chi connectivity index (χ1n) is 7.04. The van der Waals surface area contributed by atoms with E-state index in [9.17, 15) is 18.4 Å². The van der Waals surface area contributed by atoms with Gasteiger partial charge in [0.05, 0.1) is 11.6 Å². The van der Waals surface area contributed by atoms with E-state index in [1.165, 1.54) is 0 Å². The summed E-state index contributed by atoms with van der Waals surface area (Å²) in [5.74, 6) is -1.22. The Kier molecular flexibility index (Phi) is 4.08. The van der Waals surface area contributed by atoms with Gasteiger partial charge in [-0.25, -0.2) is 0 Å². The molecule has 116 valence electrons. The fourth-order valence-electron chi connectivity index (χ4n) is 3.04. The quantitative estimate of drug-likeness (QED) is 0.667. The maximum Gasteiger partial charge on any atom is 0.239 e. The highest BCUT2D eigenvalue weighted by Crippen LogP contribution is 2.32. The van der Waals surface area contributed by atoms with Crippen LogP contribution in [0.2, 0.25) is 0 Å². The summed E-state index contributed by atoms with van der Waals surface area (Å²) in [6, 6.07) is 3.46. The lowest BCUT2D eigenvalue weighted by Gasteiger charge is -2.13. The van der Waals surface area contributed by atoms with Crippen molar-refractivity contribution in [2.75, 3.05) is 0 Å². The summed E-state index contributed by atoms with van der Waals surface area (Å²) in [6.45, 7) is 0.541. The zero-order chi connectivity index (χ0) is 15.7. The average molecular weight is 319 g/mol. The minimum Gasteiger partial charge on any atom is -0.755 e. The van der Waals surface area contributed by atoms with Gasteiger partial charge >= 0.3 is 0 Å². The number of hydrogen-bond acceptors (Lipinski definition) is 4. The second kappa shape index (κ2) is 6.02. The van der Waals surface area contributed by atoms with Crippen molar-refractivity contribution in [3.63, 3.8) is 0 Å². The summed E-state index contributed by atoms with van der Waals surface area (Å²) < 4.78 is 24.9. The molecule has 1 aromatic rings. The van der Waals surface area contributed by atoms with E-state index in [1.54, 1.807) is 12.1 Å². The number of hydrogen-bond donors (Lipinski definition) is 1. The third-order valence-corrected chi connectivity index (χ3v) is 4.45. The van der Waals surface area contributed by atoms with Crippen molar-refractivity contribution in [2.45, 2.75) is 25.3 Å². The number of ketones is 1. The Labute approximate surface area is 130 Å². The first-order chi connectivity index (χ1) is 10.6. The van der Waals surface area contributed by atoms with Gasteiger partial charge in [-0.3, -0.25) is 18.5 Å². The van der Waals surface area contributed by atoms with Crippen molar-refractivity contribution < 1.29 is 18.4 Å². The Hall–Kier alpha value is -1.99. The lowest BCUT2D eigenvalue weighted by Crippen LogP contribution is -2.29. The van der Waals surface area contributed by atoms with Gasteiger partial charge in [0.2, 0.25) is 5.91 Å². The molecule has 6 nitrogen and oxygen atoms in total. The molecule has 3 rings (SSSR count). The standard InChI is InChI=1S/C15H16N2O4S/c18-14(10-4-2-1-3-5-10)13-7-6-12-11(8-9-17(12)13)15(19)16-22(20)21/h1-4,6-7,10-11H,5,8-9H2,(H,16,19)(H,20,21)/p-1/t10-,11?/m0/s1. The van der Waals surface area contributed by atoms with E-state index in [-0.39, 0.29) is 11.7 Å². The molecule has 7 heteroatoms. The van der Waals surface area contributed by atoms with Crippen LogP contribution in [0.1, 0.15) is 34.9 Å². The second-order valence-corrected chi connectivity index (χ2v) is 6.03.